The number of nitrogens with zero attached hydrogens (tertiary/aromatic N) is 2. The van der Waals surface area contributed by atoms with Crippen molar-refractivity contribution in [1.29, 1.82) is 0 Å². The van der Waals surface area contributed by atoms with E-state index in [4.69, 9.17) is 4.74 Å². The van der Waals surface area contributed by atoms with Gasteiger partial charge < -0.3 is 9.30 Å². The molecule has 0 saturated carbocycles. The monoisotopic (exact) mass is 302 g/mol. The first-order valence-electron chi connectivity index (χ1n) is 6.82. The highest BCUT2D eigenvalue weighted by Crippen LogP contribution is 2.23. The highest BCUT2D eigenvalue weighted by Gasteiger charge is 2.01. The first kappa shape index (κ1) is 15.4. The lowest BCUT2D eigenvalue weighted by atomic mass is 10.2. The normalized spacial score (nSPS) is 10.9. The molecule has 110 valence electrons. The highest BCUT2D eigenvalue weighted by atomic mass is 32.2. The van der Waals surface area contributed by atoms with Gasteiger partial charge in [-0.2, -0.15) is 0 Å². The molecule has 0 radical (unpaired) electrons. The van der Waals surface area contributed by atoms with Crippen LogP contribution >= 0.6 is 11.8 Å². The van der Waals surface area contributed by atoms with E-state index in [1.807, 2.05) is 35.3 Å². The molecule has 0 spiro atoms. The quantitative estimate of drug-likeness (QED) is 0.447. The Hall–Kier alpha value is -2.01. The Bertz CT molecular complexity index is 594. The molecule has 0 fully saturated rings. The molecule has 21 heavy (non-hydrogen) atoms. The molecule has 0 aliphatic heterocycles. The van der Waals surface area contributed by atoms with Crippen molar-refractivity contribution in [3.63, 3.8) is 0 Å². The maximum atomic E-state index is 11.4. The Morgan fingerprint density at radius 3 is 3.05 bits per heavy atom. The van der Waals surface area contributed by atoms with E-state index in [-0.39, 0.29) is 5.97 Å². The van der Waals surface area contributed by atoms with E-state index in [1.165, 1.54) is 6.08 Å². The summed E-state index contributed by atoms with van der Waals surface area (Å²) in [5.41, 5.74) is 1.03. The van der Waals surface area contributed by atoms with E-state index in [2.05, 4.69) is 11.1 Å². The highest BCUT2D eigenvalue weighted by molar-refractivity contribution is 7.99. The molecular weight excluding hydrogens is 284 g/mol. The number of ether oxygens (including phenoxy) is 1. The molecule has 2 rings (SSSR count). The second kappa shape index (κ2) is 8.32. The number of esters is 1. The number of aryl methyl sites for hydroxylation is 1. The van der Waals surface area contributed by atoms with Crippen molar-refractivity contribution >= 4 is 23.8 Å². The van der Waals surface area contributed by atoms with E-state index in [0.717, 1.165) is 22.8 Å². The van der Waals surface area contributed by atoms with Gasteiger partial charge in [0.15, 0.2) is 0 Å². The van der Waals surface area contributed by atoms with Crippen molar-refractivity contribution in [2.24, 2.45) is 0 Å². The van der Waals surface area contributed by atoms with E-state index in [0.29, 0.717) is 6.61 Å². The lowest BCUT2D eigenvalue weighted by molar-refractivity contribution is -0.137. The average molecular weight is 302 g/mol. The van der Waals surface area contributed by atoms with Gasteiger partial charge in [0.2, 0.25) is 0 Å². The number of benzene rings is 1. The molecule has 4 nitrogen and oxygen atoms in total. The van der Waals surface area contributed by atoms with Crippen LogP contribution in [0.1, 0.15) is 12.5 Å². The second-order valence-electron chi connectivity index (χ2n) is 4.27. The molecule has 1 heterocycles. The standard InChI is InChI=1S/C16H18N2O2S/c1-2-20-16(19)8-7-14-5-3-4-6-15(14)21-12-11-18-10-9-17-13-18/h3-10,13H,2,11-12H2,1H3/b8-7+. The van der Waals surface area contributed by atoms with Crippen LogP contribution in [0.5, 0.6) is 0 Å². The fraction of sp³-hybridized carbons (Fsp3) is 0.250. The van der Waals surface area contributed by atoms with E-state index in [9.17, 15) is 4.79 Å². The van der Waals surface area contributed by atoms with Gasteiger partial charge in [-0.15, -0.1) is 11.8 Å². The van der Waals surface area contributed by atoms with Gasteiger partial charge in [0.05, 0.1) is 12.9 Å². The summed E-state index contributed by atoms with van der Waals surface area (Å²) in [7, 11) is 0. The molecule has 0 unspecified atom stereocenters. The maximum Gasteiger partial charge on any atom is 0.330 e. The summed E-state index contributed by atoms with van der Waals surface area (Å²) in [6.45, 7) is 3.09. The van der Waals surface area contributed by atoms with Crippen LogP contribution in [0.2, 0.25) is 0 Å². The van der Waals surface area contributed by atoms with Crippen LogP contribution in [0.25, 0.3) is 6.08 Å². The van der Waals surface area contributed by atoms with Crippen LogP contribution in [0, 0.1) is 0 Å². The van der Waals surface area contributed by atoms with Crippen LogP contribution in [0.3, 0.4) is 0 Å². The van der Waals surface area contributed by atoms with Crippen molar-refractivity contribution in [3.05, 3.63) is 54.6 Å². The van der Waals surface area contributed by atoms with E-state index >= 15 is 0 Å². The number of rotatable bonds is 7. The Labute approximate surface area is 128 Å². The molecule has 1 aromatic carbocycles. The predicted molar refractivity (Wildman–Crippen MR) is 85.1 cm³/mol. The number of carbonyl (C=O) groups is 1. The zero-order chi connectivity index (χ0) is 14.9. The lowest BCUT2D eigenvalue weighted by Crippen LogP contribution is -1.99. The van der Waals surface area contributed by atoms with Gasteiger partial charge in [-0.25, -0.2) is 9.78 Å². The largest absolute Gasteiger partial charge is 0.463 e. The van der Waals surface area contributed by atoms with Crippen molar-refractivity contribution < 1.29 is 9.53 Å². The lowest BCUT2D eigenvalue weighted by Gasteiger charge is -2.06. The summed E-state index contributed by atoms with van der Waals surface area (Å²) in [5.74, 6) is 0.636. The zero-order valence-electron chi connectivity index (χ0n) is 11.9. The molecule has 0 bridgehead atoms. The van der Waals surface area contributed by atoms with E-state index < -0.39 is 0 Å². The average Bonchev–Trinajstić information content (AvgIpc) is 3.00. The maximum absolute atomic E-state index is 11.4. The van der Waals surface area contributed by atoms with Gasteiger partial charge in [-0.3, -0.25) is 0 Å². The third kappa shape index (κ3) is 5.11. The Balaban J connectivity index is 1.94. The molecule has 0 N–H and O–H groups in total. The summed E-state index contributed by atoms with van der Waals surface area (Å²) in [5, 5.41) is 0. The number of aromatic nitrogens is 2. The predicted octanol–water partition coefficient (Wildman–Crippen LogP) is 3.25. The van der Waals surface area contributed by atoms with Gasteiger partial charge >= 0.3 is 5.97 Å². The van der Waals surface area contributed by atoms with Crippen molar-refractivity contribution in [3.8, 4) is 0 Å². The van der Waals surface area contributed by atoms with Crippen molar-refractivity contribution in [2.45, 2.75) is 18.4 Å². The Kier molecular flexibility index (Phi) is 6.09. The molecule has 0 aliphatic carbocycles. The van der Waals surface area contributed by atoms with Gasteiger partial charge in [0, 0.05) is 35.7 Å². The van der Waals surface area contributed by atoms with Gasteiger partial charge in [-0.05, 0) is 24.6 Å². The summed E-state index contributed by atoms with van der Waals surface area (Å²) >= 11 is 1.76. The number of thioether (sulfide) groups is 1. The molecule has 0 aliphatic rings. The van der Waals surface area contributed by atoms with Crippen molar-refractivity contribution in [1.82, 2.24) is 9.55 Å². The van der Waals surface area contributed by atoms with Crippen LogP contribution in [-0.4, -0.2) is 27.9 Å². The van der Waals surface area contributed by atoms with Gasteiger partial charge in [-0.1, -0.05) is 18.2 Å². The molecule has 0 amide bonds. The molecule has 1 aromatic heterocycles. The minimum absolute atomic E-state index is 0.310. The molecular formula is C16H18N2O2S. The summed E-state index contributed by atoms with van der Waals surface area (Å²) in [6.07, 6.45) is 8.82. The SMILES string of the molecule is CCOC(=O)/C=C/c1ccccc1SCCn1ccnc1. The van der Waals surface area contributed by atoms with Crippen LogP contribution in [0.4, 0.5) is 0 Å². The van der Waals surface area contributed by atoms with Crippen LogP contribution < -0.4 is 0 Å². The molecule has 5 heteroatoms. The third-order valence-corrected chi connectivity index (χ3v) is 3.84. The fourth-order valence-corrected chi connectivity index (χ4v) is 2.78. The van der Waals surface area contributed by atoms with Gasteiger partial charge in [0.1, 0.15) is 0 Å². The number of hydrogen-bond donors (Lipinski definition) is 0. The Morgan fingerprint density at radius 1 is 1.43 bits per heavy atom. The summed E-state index contributed by atoms with van der Waals surface area (Å²) in [6, 6.07) is 8.02. The van der Waals surface area contributed by atoms with Crippen molar-refractivity contribution in [2.75, 3.05) is 12.4 Å². The topological polar surface area (TPSA) is 44.1 Å². The minimum atomic E-state index is -0.310. The minimum Gasteiger partial charge on any atom is -0.463 e. The van der Waals surface area contributed by atoms with Gasteiger partial charge in [0.25, 0.3) is 0 Å². The number of imidazole rings is 1. The fourth-order valence-electron chi connectivity index (χ4n) is 1.78. The molecule has 2 aromatic rings. The first-order chi connectivity index (χ1) is 10.3. The first-order valence-corrected chi connectivity index (χ1v) is 7.80. The molecule has 0 saturated heterocycles. The second-order valence-corrected chi connectivity index (χ2v) is 5.41. The number of carbonyl (C=O) groups excluding carboxylic acids is 1. The number of hydrogen-bond acceptors (Lipinski definition) is 4. The third-order valence-electron chi connectivity index (χ3n) is 2.77. The summed E-state index contributed by atoms with van der Waals surface area (Å²) < 4.78 is 6.94. The van der Waals surface area contributed by atoms with E-state index in [1.54, 1.807) is 31.0 Å². The van der Waals surface area contributed by atoms with Crippen LogP contribution in [0.15, 0.2) is 54.0 Å². The Morgan fingerprint density at radius 2 is 2.29 bits per heavy atom. The molecule has 0 atom stereocenters. The zero-order valence-corrected chi connectivity index (χ0v) is 12.8. The summed E-state index contributed by atoms with van der Waals surface area (Å²) in [4.78, 5) is 16.5. The van der Waals surface area contributed by atoms with Crippen LogP contribution in [-0.2, 0) is 16.1 Å². The smallest absolute Gasteiger partial charge is 0.330 e.